The zero-order valence-electron chi connectivity index (χ0n) is 13.2. The van der Waals surface area contributed by atoms with Crippen LogP contribution >= 0.6 is 0 Å². The molecule has 1 heterocycles. The van der Waals surface area contributed by atoms with Gasteiger partial charge in [-0.05, 0) is 54.4 Å². The zero-order valence-corrected chi connectivity index (χ0v) is 14.0. The number of fused-ring (bicyclic) bond motifs is 1. The topological polar surface area (TPSA) is 54.5 Å². The summed E-state index contributed by atoms with van der Waals surface area (Å²) < 4.78 is 61.0. The molecule has 0 spiro atoms. The van der Waals surface area contributed by atoms with Crippen molar-refractivity contribution in [1.29, 1.82) is 0 Å². The Kier molecular flexibility index (Phi) is 4.10. The summed E-state index contributed by atoms with van der Waals surface area (Å²) in [7, 11) is -3.34. The Morgan fingerprint density at radius 3 is 2.28 bits per heavy atom. The lowest BCUT2D eigenvalue weighted by molar-refractivity contribution is -0.137. The van der Waals surface area contributed by atoms with Gasteiger partial charge in [-0.15, -0.1) is 0 Å². The average Bonchev–Trinajstić information content (AvgIpc) is 2.95. The second-order valence-electron chi connectivity index (χ2n) is 5.84. The molecule has 2 aromatic carbocycles. The van der Waals surface area contributed by atoms with Crippen molar-refractivity contribution < 1.29 is 26.4 Å². The summed E-state index contributed by atoms with van der Waals surface area (Å²) in [5.74, 6) is -0.417. The Morgan fingerprint density at radius 1 is 1.08 bits per heavy atom. The van der Waals surface area contributed by atoms with Gasteiger partial charge < -0.3 is 4.90 Å². The highest BCUT2D eigenvalue weighted by atomic mass is 32.2. The lowest BCUT2D eigenvalue weighted by Gasteiger charge is -2.18. The molecule has 0 unspecified atom stereocenters. The third-order valence-electron chi connectivity index (χ3n) is 4.08. The molecule has 2 aromatic rings. The van der Waals surface area contributed by atoms with Crippen LogP contribution in [0.4, 0.5) is 18.9 Å². The van der Waals surface area contributed by atoms with Gasteiger partial charge in [-0.2, -0.15) is 13.2 Å². The van der Waals surface area contributed by atoms with E-state index < -0.39 is 27.5 Å². The van der Waals surface area contributed by atoms with E-state index >= 15 is 0 Å². The van der Waals surface area contributed by atoms with Crippen LogP contribution in [0.25, 0.3) is 0 Å². The maximum atomic E-state index is 12.6. The monoisotopic (exact) mass is 369 g/mol. The fourth-order valence-corrected chi connectivity index (χ4v) is 3.45. The van der Waals surface area contributed by atoms with E-state index in [4.69, 9.17) is 0 Å². The van der Waals surface area contributed by atoms with Crippen molar-refractivity contribution in [2.45, 2.75) is 17.5 Å². The average molecular weight is 369 g/mol. The van der Waals surface area contributed by atoms with Crippen LogP contribution in [-0.4, -0.2) is 27.1 Å². The first-order chi connectivity index (χ1) is 11.6. The number of rotatable bonds is 2. The van der Waals surface area contributed by atoms with Crippen LogP contribution in [0.15, 0.2) is 47.4 Å². The van der Waals surface area contributed by atoms with E-state index in [2.05, 4.69) is 0 Å². The molecule has 8 heteroatoms. The van der Waals surface area contributed by atoms with Gasteiger partial charge in [0.25, 0.3) is 5.91 Å². The summed E-state index contributed by atoms with van der Waals surface area (Å²) >= 11 is 0. The van der Waals surface area contributed by atoms with Gasteiger partial charge in [-0.25, -0.2) is 8.42 Å². The normalized spacial score (nSPS) is 14.5. The second kappa shape index (κ2) is 5.87. The SMILES string of the molecule is CS(=O)(=O)c1ccc2c(c1)CCN2C(=O)c1ccc(C(F)(F)F)cc1. The van der Waals surface area contributed by atoms with E-state index in [9.17, 15) is 26.4 Å². The minimum atomic E-state index is -4.45. The number of benzene rings is 2. The lowest BCUT2D eigenvalue weighted by atomic mass is 10.1. The number of nitrogens with zero attached hydrogens (tertiary/aromatic N) is 1. The Labute approximate surface area is 142 Å². The van der Waals surface area contributed by atoms with Crippen molar-refractivity contribution in [1.82, 2.24) is 0 Å². The zero-order chi connectivity index (χ0) is 18.4. The van der Waals surface area contributed by atoms with Crippen molar-refractivity contribution in [2.24, 2.45) is 0 Å². The van der Waals surface area contributed by atoms with E-state index in [1.807, 2.05) is 0 Å². The molecule has 1 amide bonds. The largest absolute Gasteiger partial charge is 0.416 e. The molecule has 0 saturated heterocycles. The van der Waals surface area contributed by atoms with Gasteiger partial charge in [0.1, 0.15) is 0 Å². The molecule has 0 aromatic heterocycles. The van der Waals surface area contributed by atoms with Crippen LogP contribution in [0.3, 0.4) is 0 Å². The van der Waals surface area contributed by atoms with Crippen molar-refractivity contribution in [3.8, 4) is 0 Å². The molecular formula is C17H14F3NO3S. The highest BCUT2D eigenvalue weighted by Gasteiger charge is 2.31. The predicted octanol–water partition coefficient (Wildman–Crippen LogP) is 3.31. The van der Waals surface area contributed by atoms with Crippen molar-refractivity contribution in [2.75, 3.05) is 17.7 Å². The van der Waals surface area contributed by atoms with Gasteiger partial charge in [0.2, 0.25) is 0 Å². The summed E-state index contributed by atoms with van der Waals surface area (Å²) in [5.41, 5.74) is 0.636. The Hall–Kier alpha value is -2.35. The number of carbonyl (C=O) groups is 1. The Bertz CT molecular complexity index is 935. The molecule has 1 aliphatic rings. The molecule has 0 aliphatic carbocycles. The first-order valence-corrected chi connectivity index (χ1v) is 9.28. The van der Waals surface area contributed by atoms with Crippen molar-refractivity contribution >= 4 is 21.4 Å². The van der Waals surface area contributed by atoms with Crippen LogP contribution in [0, 0.1) is 0 Å². The number of sulfone groups is 1. The fraction of sp³-hybridized carbons (Fsp3) is 0.235. The van der Waals surface area contributed by atoms with Crippen molar-refractivity contribution in [3.63, 3.8) is 0 Å². The standard InChI is InChI=1S/C17H14F3NO3S/c1-25(23,24)14-6-7-15-12(10-14)8-9-21(15)16(22)11-2-4-13(5-3-11)17(18,19)20/h2-7,10H,8-9H2,1H3. The van der Waals surface area contributed by atoms with Crippen LogP contribution in [-0.2, 0) is 22.4 Å². The summed E-state index contributed by atoms with van der Waals surface area (Å²) in [4.78, 5) is 14.2. The fourth-order valence-electron chi connectivity index (χ4n) is 2.78. The molecule has 25 heavy (non-hydrogen) atoms. The summed E-state index contributed by atoms with van der Waals surface area (Å²) in [6.07, 6.45) is -2.86. The van der Waals surface area contributed by atoms with Crippen LogP contribution in [0.1, 0.15) is 21.5 Å². The molecule has 3 rings (SSSR count). The molecule has 0 N–H and O–H groups in total. The highest BCUT2D eigenvalue weighted by Crippen LogP contribution is 2.32. The number of halogens is 3. The first-order valence-electron chi connectivity index (χ1n) is 7.39. The third-order valence-corrected chi connectivity index (χ3v) is 5.19. The molecule has 0 atom stereocenters. The molecule has 1 aliphatic heterocycles. The van der Waals surface area contributed by atoms with Crippen LogP contribution in [0.5, 0.6) is 0 Å². The first kappa shape index (κ1) is 17.5. The van der Waals surface area contributed by atoms with E-state index in [-0.39, 0.29) is 10.5 Å². The number of hydrogen-bond acceptors (Lipinski definition) is 3. The molecule has 4 nitrogen and oxygen atoms in total. The van der Waals surface area contributed by atoms with E-state index in [0.717, 1.165) is 36.1 Å². The minimum absolute atomic E-state index is 0.146. The smallest absolute Gasteiger partial charge is 0.308 e. The molecule has 0 fully saturated rings. The molecule has 0 bridgehead atoms. The maximum Gasteiger partial charge on any atom is 0.416 e. The predicted molar refractivity (Wildman–Crippen MR) is 86.4 cm³/mol. The summed E-state index contributed by atoms with van der Waals surface area (Å²) in [5, 5.41) is 0. The second-order valence-corrected chi connectivity index (χ2v) is 7.86. The highest BCUT2D eigenvalue weighted by molar-refractivity contribution is 7.90. The number of amides is 1. The maximum absolute atomic E-state index is 12.6. The number of alkyl halides is 3. The lowest BCUT2D eigenvalue weighted by Crippen LogP contribution is -2.28. The van der Waals surface area contributed by atoms with Gasteiger partial charge in [0, 0.05) is 24.1 Å². The summed E-state index contributed by atoms with van der Waals surface area (Å²) in [6, 6.07) is 8.55. The quantitative estimate of drug-likeness (QED) is 0.816. The third kappa shape index (κ3) is 3.39. The van der Waals surface area contributed by atoms with Gasteiger partial charge in [0.05, 0.1) is 10.5 Å². The Balaban J connectivity index is 1.89. The summed E-state index contributed by atoms with van der Waals surface area (Å²) in [6.45, 7) is 0.350. The Morgan fingerprint density at radius 2 is 1.72 bits per heavy atom. The van der Waals surface area contributed by atoms with Gasteiger partial charge >= 0.3 is 6.18 Å². The van der Waals surface area contributed by atoms with Gasteiger partial charge in [-0.3, -0.25) is 4.79 Å². The van der Waals surface area contributed by atoms with E-state index in [1.165, 1.54) is 17.0 Å². The van der Waals surface area contributed by atoms with Crippen LogP contribution < -0.4 is 4.90 Å². The van der Waals surface area contributed by atoms with Crippen molar-refractivity contribution in [3.05, 3.63) is 59.2 Å². The molecule has 0 saturated carbocycles. The molecule has 132 valence electrons. The van der Waals surface area contributed by atoms with E-state index in [0.29, 0.717) is 18.7 Å². The number of carbonyl (C=O) groups excluding carboxylic acids is 1. The molecular weight excluding hydrogens is 355 g/mol. The molecule has 0 radical (unpaired) electrons. The number of anilines is 1. The van der Waals surface area contributed by atoms with Gasteiger partial charge in [-0.1, -0.05) is 0 Å². The minimum Gasteiger partial charge on any atom is -0.308 e. The van der Waals surface area contributed by atoms with E-state index in [1.54, 1.807) is 6.07 Å². The van der Waals surface area contributed by atoms with Gasteiger partial charge in [0.15, 0.2) is 9.84 Å². The van der Waals surface area contributed by atoms with Crippen LogP contribution in [0.2, 0.25) is 0 Å². The number of hydrogen-bond donors (Lipinski definition) is 0.